The molecule has 0 bridgehead atoms. The zero-order valence-electron chi connectivity index (χ0n) is 18.6. The van der Waals surface area contributed by atoms with Gasteiger partial charge >= 0.3 is 0 Å². The lowest BCUT2D eigenvalue weighted by Crippen LogP contribution is -2.03. The summed E-state index contributed by atoms with van der Waals surface area (Å²) in [4.78, 5) is 21.2. The summed E-state index contributed by atoms with van der Waals surface area (Å²) in [7, 11) is 1.96. The van der Waals surface area contributed by atoms with Crippen LogP contribution in [0.4, 0.5) is 5.69 Å². The van der Waals surface area contributed by atoms with Crippen molar-refractivity contribution in [2.45, 2.75) is 0 Å². The Kier molecular flexibility index (Phi) is 5.04. The fourth-order valence-corrected chi connectivity index (χ4v) is 4.40. The van der Waals surface area contributed by atoms with E-state index >= 15 is 0 Å². The predicted molar refractivity (Wildman–Crippen MR) is 138 cm³/mol. The summed E-state index contributed by atoms with van der Waals surface area (Å²) in [6.45, 7) is 0. The number of nitrogens with zero attached hydrogens (tertiary/aromatic N) is 5. The third-order valence-electron chi connectivity index (χ3n) is 5.91. The molecule has 0 aliphatic carbocycles. The van der Waals surface area contributed by atoms with Crippen LogP contribution in [0.3, 0.4) is 0 Å². The Labute approximate surface area is 205 Å². The molecule has 0 aliphatic heterocycles. The molecule has 0 saturated heterocycles. The van der Waals surface area contributed by atoms with Crippen LogP contribution in [0, 0.1) is 0 Å². The van der Waals surface area contributed by atoms with Crippen molar-refractivity contribution in [3.8, 4) is 17.3 Å². The number of hydrogen-bond donors (Lipinski definition) is 2. The molecule has 6 rings (SSSR count). The van der Waals surface area contributed by atoms with Crippen LogP contribution in [-0.4, -0.2) is 35.3 Å². The highest BCUT2D eigenvalue weighted by Crippen LogP contribution is 2.33. The number of aromatic nitrogens is 5. The van der Waals surface area contributed by atoms with Crippen LogP contribution in [0.5, 0.6) is 5.88 Å². The minimum Gasteiger partial charge on any atom is -0.494 e. The first-order valence-electron chi connectivity index (χ1n) is 10.9. The number of imidazole rings is 1. The van der Waals surface area contributed by atoms with E-state index in [1.165, 1.54) is 0 Å². The minimum absolute atomic E-state index is 0.0184. The number of aromatic hydroxyl groups is 1. The second-order valence-corrected chi connectivity index (χ2v) is 8.60. The van der Waals surface area contributed by atoms with Crippen LogP contribution in [0.2, 0.25) is 5.02 Å². The van der Waals surface area contributed by atoms with Gasteiger partial charge in [0.15, 0.2) is 5.88 Å². The topological polar surface area (TPSA) is 92.0 Å². The molecule has 6 aromatic rings. The minimum atomic E-state index is 0.0184. The molecule has 3 aromatic heterocycles. The lowest BCUT2D eigenvalue weighted by atomic mass is 10.00. The number of hydrogen-bond acceptors (Lipinski definition) is 5. The van der Waals surface area contributed by atoms with Gasteiger partial charge in [-0.2, -0.15) is 0 Å². The van der Waals surface area contributed by atoms with Gasteiger partial charge in [-0.25, -0.2) is 9.98 Å². The standard InChI is InChI=1S/C27H19ClN6O/c1-34-13-12-31-26(34)16-2-6-19(7-3-16)32-25(17-4-9-21-23(14-17)30-11-10-29-21)24-20-8-5-18(28)15-22(20)33-27(24)35/h2-15,33,35H,1H3. The normalized spacial score (nSPS) is 12.0. The zero-order valence-corrected chi connectivity index (χ0v) is 19.4. The van der Waals surface area contributed by atoms with Crippen LogP contribution in [0.15, 0.2) is 90.4 Å². The quantitative estimate of drug-likeness (QED) is 0.302. The number of fused-ring (bicyclic) bond motifs is 2. The van der Waals surface area contributed by atoms with Gasteiger partial charge in [0.25, 0.3) is 0 Å². The van der Waals surface area contributed by atoms with Crippen molar-refractivity contribution in [1.29, 1.82) is 0 Å². The van der Waals surface area contributed by atoms with E-state index in [-0.39, 0.29) is 5.88 Å². The molecule has 8 heteroatoms. The van der Waals surface area contributed by atoms with Gasteiger partial charge in [0.05, 0.1) is 33.5 Å². The Morgan fingerprint density at radius 3 is 2.49 bits per heavy atom. The molecule has 3 aromatic carbocycles. The van der Waals surface area contributed by atoms with Gasteiger partial charge in [-0.05, 0) is 48.5 Å². The first-order valence-corrected chi connectivity index (χ1v) is 11.3. The second kappa shape index (κ2) is 8.38. The molecule has 0 fully saturated rings. The fraction of sp³-hybridized carbons (Fsp3) is 0.0370. The number of aliphatic imine (C=N–C) groups is 1. The number of aryl methyl sites for hydroxylation is 1. The maximum Gasteiger partial charge on any atom is 0.199 e. The lowest BCUT2D eigenvalue weighted by Gasteiger charge is -2.09. The van der Waals surface area contributed by atoms with Crippen LogP contribution in [0.25, 0.3) is 33.3 Å². The summed E-state index contributed by atoms with van der Waals surface area (Å²) < 4.78 is 1.97. The molecule has 35 heavy (non-hydrogen) atoms. The summed E-state index contributed by atoms with van der Waals surface area (Å²) >= 11 is 6.19. The molecule has 0 radical (unpaired) electrons. The number of halogens is 1. The first-order chi connectivity index (χ1) is 17.1. The molecule has 0 amide bonds. The molecule has 0 saturated carbocycles. The van der Waals surface area contributed by atoms with Crippen molar-refractivity contribution in [2.24, 2.45) is 12.0 Å². The van der Waals surface area contributed by atoms with E-state index in [4.69, 9.17) is 16.6 Å². The van der Waals surface area contributed by atoms with E-state index in [0.717, 1.165) is 44.6 Å². The van der Waals surface area contributed by atoms with E-state index in [1.807, 2.05) is 66.3 Å². The van der Waals surface area contributed by atoms with Gasteiger partial charge in [-0.15, -0.1) is 0 Å². The van der Waals surface area contributed by atoms with Crippen LogP contribution in [0.1, 0.15) is 11.1 Å². The zero-order chi connectivity index (χ0) is 23.9. The number of aromatic amines is 1. The molecule has 7 nitrogen and oxygen atoms in total. The SMILES string of the molecule is Cn1ccnc1-c1ccc(N=C(c2ccc3nccnc3c2)c2c(O)[nH]c3cc(Cl)ccc23)cc1. The molecular formula is C27H19ClN6O. The molecule has 2 N–H and O–H groups in total. The lowest BCUT2D eigenvalue weighted by molar-refractivity contribution is 0.457. The number of nitrogens with one attached hydrogen (secondary N) is 1. The Balaban J connectivity index is 1.54. The van der Waals surface area contributed by atoms with Crippen LogP contribution in [-0.2, 0) is 7.05 Å². The number of rotatable bonds is 4. The molecule has 0 spiro atoms. The van der Waals surface area contributed by atoms with Crippen molar-refractivity contribution >= 4 is 44.9 Å². The third kappa shape index (κ3) is 3.82. The van der Waals surface area contributed by atoms with E-state index in [9.17, 15) is 5.11 Å². The van der Waals surface area contributed by atoms with Crippen molar-refractivity contribution in [3.05, 3.63) is 102 Å². The summed E-state index contributed by atoms with van der Waals surface area (Å²) in [5.74, 6) is 0.893. The van der Waals surface area contributed by atoms with Crippen LogP contribution >= 0.6 is 11.6 Å². The summed E-state index contributed by atoms with van der Waals surface area (Å²) in [5, 5.41) is 12.3. The Morgan fingerprint density at radius 2 is 1.71 bits per heavy atom. The molecule has 0 atom stereocenters. The van der Waals surface area contributed by atoms with Gasteiger partial charge < -0.3 is 14.7 Å². The molecule has 0 aliphatic rings. The van der Waals surface area contributed by atoms with Crippen molar-refractivity contribution in [1.82, 2.24) is 24.5 Å². The summed E-state index contributed by atoms with van der Waals surface area (Å²) in [6.07, 6.45) is 7.00. The van der Waals surface area contributed by atoms with E-state index in [0.29, 0.717) is 16.3 Å². The highest BCUT2D eigenvalue weighted by atomic mass is 35.5. The summed E-state index contributed by atoms with van der Waals surface area (Å²) in [5.41, 5.74) is 5.97. The van der Waals surface area contributed by atoms with E-state index in [2.05, 4.69) is 19.9 Å². The summed E-state index contributed by atoms with van der Waals surface area (Å²) in [6, 6.07) is 19.1. The van der Waals surface area contributed by atoms with E-state index in [1.54, 1.807) is 30.7 Å². The highest BCUT2D eigenvalue weighted by molar-refractivity contribution is 6.31. The monoisotopic (exact) mass is 478 g/mol. The Morgan fingerprint density at radius 1 is 0.914 bits per heavy atom. The molecule has 3 heterocycles. The average Bonchev–Trinajstić information content (AvgIpc) is 3.44. The third-order valence-corrected chi connectivity index (χ3v) is 6.14. The number of benzene rings is 3. The van der Waals surface area contributed by atoms with Crippen molar-refractivity contribution in [3.63, 3.8) is 0 Å². The maximum atomic E-state index is 10.9. The largest absolute Gasteiger partial charge is 0.494 e. The molecule has 0 unspecified atom stereocenters. The van der Waals surface area contributed by atoms with Gasteiger partial charge in [-0.1, -0.05) is 23.7 Å². The van der Waals surface area contributed by atoms with E-state index < -0.39 is 0 Å². The highest BCUT2D eigenvalue weighted by Gasteiger charge is 2.19. The average molecular weight is 479 g/mol. The first kappa shape index (κ1) is 21.1. The smallest absolute Gasteiger partial charge is 0.199 e. The predicted octanol–water partition coefficient (Wildman–Crippen LogP) is 6.04. The Bertz CT molecular complexity index is 1730. The van der Waals surface area contributed by atoms with Gasteiger partial charge in [0.1, 0.15) is 5.82 Å². The fourth-order valence-electron chi connectivity index (χ4n) is 4.23. The van der Waals surface area contributed by atoms with Crippen molar-refractivity contribution in [2.75, 3.05) is 0 Å². The molecular weight excluding hydrogens is 460 g/mol. The second-order valence-electron chi connectivity index (χ2n) is 8.17. The van der Waals surface area contributed by atoms with Gasteiger partial charge in [0.2, 0.25) is 0 Å². The Hall–Kier alpha value is -4.49. The molecule has 170 valence electrons. The van der Waals surface area contributed by atoms with Gasteiger partial charge in [-0.3, -0.25) is 9.97 Å². The maximum absolute atomic E-state index is 10.9. The van der Waals surface area contributed by atoms with Gasteiger partial charge in [0, 0.05) is 53.4 Å². The van der Waals surface area contributed by atoms with Crippen LogP contribution < -0.4 is 0 Å². The number of H-pyrrole nitrogens is 1. The van der Waals surface area contributed by atoms with Crippen molar-refractivity contribution < 1.29 is 5.11 Å².